The number of amides is 2. The van der Waals surface area contributed by atoms with Crippen LogP contribution in [0.2, 0.25) is 0 Å². The molecule has 0 aliphatic rings. The van der Waals surface area contributed by atoms with Crippen molar-refractivity contribution in [3.8, 4) is 5.75 Å². The van der Waals surface area contributed by atoms with Gasteiger partial charge in [-0.25, -0.2) is 4.79 Å². The number of anilines is 1. The van der Waals surface area contributed by atoms with Gasteiger partial charge >= 0.3 is 6.16 Å². The fourth-order valence-corrected chi connectivity index (χ4v) is 2.75. The Hall–Kier alpha value is -4.13. The van der Waals surface area contributed by atoms with Gasteiger partial charge in [0.2, 0.25) is 0 Å². The van der Waals surface area contributed by atoms with Crippen molar-refractivity contribution in [2.75, 3.05) is 11.9 Å². The van der Waals surface area contributed by atoms with Crippen LogP contribution >= 0.6 is 0 Å². The van der Waals surface area contributed by atoms with Crippen LogP contribution in [0.15, 0.2) is 78.9 Å². The van der Waals surface area contributed by atoms with Gasteiger partial charge in [-0.05, 0) is 61.0 Å². The summed E-state index contributed by atoms with van der Waals surface area (Å²) < 4.78 is 9.67. The molecule has 0 saturated carbocycles. The molecular weight excluding hydrogens is 396 g/mol. The van der Waals surface area contributed by atoms with Gasteiger partial charge in [0.1, 0.15) is 5.75 Å². The molecule has 7 heteroatoms. The van der Waals surface area contributed by atoms with Crippen LogP contribution in [0.3, 0.4) is 0 Å². The van der Waals surface area contributed by atoms with Crippen LogP contribution < -0.4 is 15.4 Å². The van der Waals surface area contributed by atoms with Crippen LogP contribution in [-0.4, -0.2) is 24.6 Å². The molecule has 0 aliphatic heterocycles. The number of nitrogens with one attached hydrogen (secondary N) is 2. The molecule has 158 valence electrons. The van der Waals surface area contributed by atoms with Crippen molar-refractivity contribution < 1.29 is 23.9 Å². The Kier molecular flexibility index (Phi) is 7.37. The Morgan fingerprint density at radius 3 is 2.23 bits per heavy atom. The predicted molar refractivity (Wildman–Crippen MR) is 116 cm³/mol. The number of carbonyl (C=O) groups excluding carboxylic acids is 3. The molecule has 3 aromatic rings. The Bertz CT molecular complexity index is 1050. The molecule has 2 N–H and O–H groups in total. The molecule has 0 heterocycles. The van der Waals surface area contributed by atoms with E-state index in [2.05, 4.69) is 10.6 Å². The molecule has 0 radical (unpaired) electrons. The number of benzene rings is 3. The molecule has 0 saturated heterocycles. The van der Waals surface area contributed by atoms with Gasteiger partial charge in [0.25, 0.3) is 11.8 Å². The second kappa shape index (κ2) is 10.6. The summed E-state index contributed by atoms with van der Waals surface area (Å²) in [6, 6.07) is 22.3. The van der Waals surface area contributed by atoms with Gasteiger partial charge in [0.05, 0.1) is 6.61 Å². The Morgan fingerprint density at radius 1 is 0.806 bits per heavy atom. The minimum atomic E-state index is -0.793. The van der Waals surface area contributed by atoms with Gasteiger partial charge in [-0.2, -0.15) is 0 Å². The SMILES string of the molecule is CCOC(=O)Oc1ccc(C(=O)NCc2cccc(NC(=O)c3ccccc3)c2)cc1. The highest BCUT2D eigenvalue weighted by molar-refractivity contribution is 6.04. The number of ether oxygens (including phenoxy) is 2. The van der Waals surface area contributed by atoms with E-state index in [4.69, 9.17) is 9.47 Å². The molecule has 0 spiro atoms. The molecule has 0 unspecified atom stereocenters. The van der Waals surface area contributed by atoms with E-state index >= 15 is 0 Å². The summed E-state index contributed by atoms with van der Waals surface area (Å²) in [6.07, 6.45) is -0.793. The average molecular weight is 418 g/mol. The Morgan fingerprint density at radius 2 is 1.52 bits per heavy atom. The fraction of sp³-hybridized carbons (Fsp3) is 0.125. The lowest BCUT2D eigenvalue weighted by Gasteiger charge is -2.09. The highest BCUT2D eigenvalue weighted by atomic mass is 16.7. The number of hydrogen-bond donors (Lipinski definition) is 2. The van der Waals surface area contributed by atoms with Crippen LogP contribution in [0.25, 0.3) is 0 Å². The minimum absolute atomic E-state index is 0.202. The van der Waals surface area contributed by atoms with Crippen LogP contribution in [0.4, 0.5) is 10.5 Å². The van der Waals surface area contributed by atoms with E-state index < -0.39 is 6.16 Å². The molecule has 7 nitrogen and oxygen atoms in total. The molecule has 31 heavy (non-hydrogen) atoms. The van der Waals surface area contributed by atoms with Crippen molar-refractivity contribution in [2.45, 2.75) is 13.5 Å². The minimum Gasteiger partial charge on any atom is -0.434 e. The standard InChI is InChI=1S/C24H22N2O5/c1-2-30-24(29)31-21-13-11-19(12-14-21)22(27)25-16-17-7-6-10-20(15-17)26-23(28)18-8-4-3-5-9-18/h3-15H,2,16H2,1H3,(H,25,27)(H,26,28). The van der Waals surface area contributed by atoms with Gasteiger partial charge < -0.3 is 20.1 Å². The quantitative estimate of drug-likeness (QED) is 0.438. The topological polar surface area (TPSA) is 93.7 Å². The van der Waals surface area contributed by atoms with Gasteiger partial charge in [-0.1, -0.05) is 30.3 Å². The lowest BCUT2D eigenvalue weighted by Crippen LogP contribution is -2.22. The summed E-state index contributed by atoms with van der Waals surface area (Å²) in [5.41, 5.74) is 2.46. The van der Waals surface area contributed by atoms with Crippen molar-refractivity contribution in [3.05, 3.63) is 95.6 Å². The Balaban J connectivity index is 1.55. The molecular formula is C24H22N2O5. The van der Waals surface area contributed by atoms with Crippen molar-refractivity contribution in [2.24, 2.45) is 0 Å². The molecule has 0 fully saturated rings. The van der Waals surface area contributed by atoms with Gasteiger partial charge in [-0.15, -0.1) is 0 Å². The maximum Gasteiger partial charge on any atom is 0.513 e. The highest BCUT2D eigenvalue weighted by Crippen LogP contribution is 2.15. The van der Waals surface area contributed by atoms with Gasteiger partial charge in [0.15, 0.2) is 0 Å². The molecule has 0 aliphatic carbocycles. The summed E-state index contributed by atoms with van der Waals surface area (Å²) in [4.78, 5) is 36.0. The highest BCUT2D eigenvalue weighted by Gasteiger charge is 2.09. The molecule has 0 aromatic heterocycles. The third kappa shape index (κ3) is 6.43. The van der Waals surface area contributed by atoms with E-state index in [1.165, 1.54) is 12.1 Å². The van der Waals surface area contributed by atoms with Crippen LogP contribution in [-0.2, 0) is 11.3 Å². The first-order chi connectivity index (χ1) is 15.0. The lowest BCUT2D eigenvalue weighted by atomic mass is 10.1. The molecule has 3 rings (SSSR count). The van der Waals surface area contributed by atoms with Crippen LogP contribution in [0.1, 0.15) is 33.2 Å². The van der Waals surface area contributed by atoms with Crippen LogP contribution in [0, 0.1) is 0 Å². The van der Waals surface area contributed by atoms with Gasteiger partial charge in [-0.3, -0.25) is 9.59 Å². The first-order valence-corrected chi connectivity index (χ1v) is 9.73. The van der Waals surface area contributed by atoms with E-state index in [0.29, 0.717) is 16.8 Å². The van der Waals surface area contributed by atoms with Gasteiger partial charge in [0, 0.05) is 23.4 Å². The van der Waals surface area contributed by atoms with E-state index in [-0.39, 0.29) is 30.7 Å². The van der Waals surface area contributed by atoms with Crippen molar-refractivity contribution >= 4 is 23.7 Å². The molecule has 0 atom stereocenters. The third-order valence-electron chi connectivity index (χ3n) is 4.25. The summed E-state index contributed by atoms with van der Waals surface area (Å²) in [7, 11) is 0. The van der Waals surface area contributed by atoms with Crippen LogP contribution in [0.5, 0.6) is 5.75 Å². The van der Waals surface area contributed by atoms with E-state index in [0.717, 1.165) is 5.56 Å². The number of hydrogen-bond acceptors (Lipinski definition) is 5. The second-order valence-electron chi connectivity index (χ2n) is 6.51. The molecule has 0 bridgehead atoms. The zero-order valence-electron chi connectivity index (χ0n) is 17.0. The summed E-state index contributed by atoms with van der Waals surface area (Å²) >= 11 is 0. The predicted octanol–water partition coefficient (Wildman–Crippen LogP) is 4.40. The van der Waals surface area contributed by atoms with E-state index in [1.807, 2.05) is 18.2 Å². The summed E-state index contributed by atoms with van der Waals surface area (Å²) in [5.74, 6) is -0.190. The monoisotopic (exact) mass is 418 g/mol. The average Bonchev–Trinajstić information content (AvgIpc) is 2.79. The lowest BCUT2D eigenvalue weighted by molar-refractivity contribution is 0.0950. The first kappa shape index (κ1) is 21.6. The summed E-state index contributed by atoms with van der Waals surface area (Å²) in [6.45, 7) is 2.19. The second-order valence-corrected chi connectivity index (χ2v) is 6.51. The molecule has 2 amide bonds. The number of carbonyl (C=O) groups is 3. The zero-order valence-corrected chi connectivity index (χ0v) is 17.0. The van der Waals surface area contributed by atoms with E-state index in [1.54, 1.807) is 55.5 Å². The maximum atomic E-state index is 12.4. The Labute approximate surface area is 180 Å². The summed E-state index contributed by atoms with van der Waals surface area (Å²) in [5, 5.41) is 5.67. The fourth-order valence-electron chi connectivity index (χ4n) is 2.75. The maximum absolute atomic E-state index is 12.4. The smallest absolute Gasteiger partial charge is 0.434 e. The molecule has 3 aromatic carbocycles. The van der Waals surface area contributed by atoms with Crippen molar-refractivity contribution in [1.82, 2.24) is 5.32 Å². The van der Waals surface area contributed by atoms with Crippen molar-refractivity contribution in [1.29, 1.82) is 0 Å². The van der Waals surface area contributed by atoms with E-state index in [9.17, 15) is 14.4 Å². The normalized spacial score (nSPS) is 10.1. The zero-order chi connectivity index (χ0) is 22.1. The first-order valence-electron chi connectivity index (χ1n) is 9.73. The number of rotatable bonds is 7. The third-order valence-corrected chi connectivity index (χ3v) is 4.25. The van der Waals surface area contributed by atoms with Crippen molar-refractivity contribution in [3.63, 3.8) is 0 Å². The largest absolute Gasteiger partial charge is 0.513 e.